The van der Waals surface area contributed by atoms with Crippen LogP contribution in [0.3, 0.4) is 0 Å². The first-order valence-electron chi connectivity index (χ1n) is 6.64. The number of morpholine rings is 1. The molecule has 2 rings (SSSR count). The van der Waals surface area contributed by atoms with Gasteiger partial charge in [-0.3, -0.25) is 0 Å². The molecule has 1 aliphatic carbocycles. The fourth-order valence-corrected chi connectivity index (χ4v) is 2.67. The molecule has 108 valence electrons. The van der Waals surface area contributed by atoms with E-state index in [0.29, 0.717) is 19.7 Å². The lowest BCUT2D eigenvalue weighted by Gasteiger charge is -2.37. The van der Waals surface area contributed by atoms with E-state index in [1.807, 2.05) is 4.90 Å². The summed E-state index contributed by atoms with van der Waals surface area (Å²) in [5.74, 6) is -1.01. The topological polar surface area (TPSA) is 88.1 Å². The van der Waals surface area contributed by atoms with Gasteiger partial charge < -0.3 is 24.8 Å². The first-order chi connectivity index (χ1) is 9.18. The molecule has 7 nitrogen and oxygen atoms in total. The Hall–Kier alpha value is -1.34. The maximum absolute atomic E-state index is 12.0. The highest BCUT2D eigenvalue weighted by Gasteiger charge is 2.38. The fraction of sp³-hybridized carbons (Fsp3) is 0.833. The average molecular weight is 272 g/mol. The summed E-state index contributed by atoms with van der Waals surface area (Å²) in [6.45, 7) is 1.39. The number of hydrogen-bond donors (Lipinski definition) is 2. The lowest BCUT2D eigenvalue weighted by Crippen LogP contribution is -2.54. The molecule has 2 unspecified atom stereocenters. The van der Waals surface area contributed by atoms with Gasteiger partial charge in [0.15, 0.2) is 0 Å². The lowest BCUT2D eigenvalue weighted by molar-refractivity contribution is -0.142. The van der Waals surface area contributed by atoms with Gasteiger partial charge in [0.1, 0.15) is 6.61 Å². The summed E-state index contributed by atoms with van der Waals surface area (Å²) in [5.41, 5.74) is 0. The quantitative estimate of drug-likeness (QED) is 0.690. The fourth-order valence-electron chi connectivity index (χ4n) is 2.67. The molecular formula is C12H20N2O5. The summed E-state index contributed by atoms with van der Waals surface area (Å²) in [7, 11) is 0. The first-order valence-corrected chi connectivity index (χ1v) is 6.64. The second kappa shape index (κ2) is 6.72. The van der Waals surface area contributed by atoms with Crippen LogP contribution in [0.25, 0.3) is 0 Å². The van der Waals surface area contributed by atoms with E-state index in [1.54, 1.807) is 0 Å². The zero-order valence-electron chi connectivity index (χ0n) is 10.8. The molecular weight excluding hydrogens is 252 g/mol. The van der Waals surface area contributed by atoms with Gasteiger partial charge in [-0.2, -0.15) is 0 Å². The van der Waals surface area contributed by atoms with E-state index >= 15 is 0 Å². The number of amides is 2. The summed E-state index contributed by atoms with van der Waals surface area (Å²) in [5, 5.41) is 11.1. The number of rotatable bonds is 5. The molecule has 2 amide bonds. The second-order valence-electron chi connectivity index (χ2n) is 4.78. The number of carboxylic acid groups (broad SMARTS) is 1. The molecule has 1 aliphatic heterocycles. The van der Waals surface area contributed by atoms with Crippen molar-refractivity contribution in [1.82, 2.24) is 10.2 Å². The molecule has 2 atom stereocenters. The Kier molecular flexibility index (Phi) is 4.98. The van der Waals surface area contributed by atoms with Crippen LogP contribution in [0.5, 0.6) is 0 Å². The summed E-state index contributed by atoms with van der Waals surface area (Å²) in [6, 6.07) is 0.0767. The smallest absolute Gasteiger partial charge is 0.329 e. The van der Waals surface area contributed by atoms with Crippen molar-refractivity contribution < 1.29 is 24.2 Å². The van der Waals surface area contributed by atoms with E-state index in [4.69, 9.17) is 14.6 Å². The Bertz CT molecular complexity index is 336. The van der Waals surface area contributed by atoms with Gasteiger partial charge in [-0.05, 0) is 19.3 Å². The number of urea groups is 1. The van der Waals surface area contributed by atoms with Gasteiger partial charge in [0.2, 0.25) is 0 Å². The monoisotopic (exact) mass is 272 g/mol. The summed E-state index contributed by atoms with van der Waals surface area (Å²) < 4.78 is 10.5. The minimum Gasteiger partial charge on any atom is -0.480 e. The third kappa shape index (κ3) is 3.81. The van der Waals surface area contributed by atoms with E-state index in [0.717, 1.165) is 19.3 Å². The minimum absolute atomic E-state index is 0.112. The van der Waals surface area contributed by atoms with Crippen molar-refractivity contribution in [2.24, 2.45) is 0 Å². The Morgan fingerprint density at radius 1 is 1.42 bits per heavy atom. The second-order valence-corrected chi connectivity index (χ2v) is 4.78. The number of ether oxygens (including phenoxy) is 2. The third-order valence-electron chi connectivity index (χ3n) is 3.49. The molecule has 2 fully saturated rings. The van der Waals surface area contributed by atoms with E-state index in [2.05, 4.69) is 5.32 Å². The average Bonchev–Trinajstić information content (AvgIpc) is 2.85. The van der Waals surface area contributed by atoms with E-state index in [1.165, 1.54) is 0 Å². The van der Waals surface area contributed by atoms with Crippen LogP contribution < -0.4 is 5.32 Å². The van der Waals surface area contributed by atoms with Gasteiger partial charge >= 0.3 is 12.0 Å². The van der Waals surface area contributed by atoms with Crippen LogP contribution in [0.2, 0.25) is 0 Å². The minimum atomic E-state index is -1.01. The van der Waals surface area contributed by atoms with Crippen LogP contribution in [0.15, 0.2) is 0 Å². The summed E-state index contributed by atoms with van der Waals surface area (Å²) >= 11 is 0. The predicted octanol–water partition coefficient (Wildman–Crippen LogP) is 0.0505. The van der Waals surface area contributed by atoms with Gasteiger partial charge in [0.25, 0.3) is 0 Å². The van der Waals surface area contributed by atoms with E-state index < -0.39 is 5.97 Å². The number of hydrogen-bond acceptors (Lipinski definition) is 4. The van der Waals surface area contributed by atoms with Crippen LogP contribution in [0.1, 0.15) is 19.3 Å². The molecule has 2 N–H and O–H groups in total. The van der Waals surface area contributed by atoms with Gasteiger partial charge in [-0.15, -0.1) is 0 Å². The highest BCUT2D eigenvalue weighted by atomic mass is 16.5. The van der Waals surface area contributed by atoms with Crippen LogP contribution in [0, 0.1) is 0 Å². The number of carbonyl (C=O) groups excluding carboxylic acids is 1. The molecule has 1 saturated carbocycles. The number of fused-ring (bicyclic) bond motifs is 1. The Labute approximate surface area is 111 Å². The molecule has 19 heavy (non-hydrogen) atoms. The van der Waals surface area contributed by atoms with Crippen molar-refractivity contribution in [2.45, 2.75) is 31.4 Å². The van der Waals surface area contributed by atoms with Crippen molar-refractivity contribution in [3.8, 4) is 0 Å². The largest absolute Gasteiger partial charge is 0.480 e. The molecule has 0 bridgehead atoms. The molecule has 0 aromatic carbocycles. The van der Waals surface area contributed by atoms with Crippen molar-refractivity contribution in [3.05, 3.63) is 0 Å². The van der Waals surface area contributed by atoms with Gasteiger partial charge in [0, 0.05) is 13.1 Å². The summed E-state index contributed by atoms with van der Waals surface area (Å²) in [4.78, 5) is 24.1. The predicted molar refractivity (Wildman–Crippen MR) is 65.9 cm³/mol. The van der Waals surface area contributed by atoms with Crippen LogP contribution in [0.4, 0.5) is 4.79 Å². The highest BCUT2D eigenvalue weighted by molar-refractivity contribution is 5.74. The molecule has 0 spiro atoms. The van der Waals surface area contributed by atoms with E-state index in [9.17, 15) is 9.59 Å². The van der Waals surface area contributed by atoms with Gasteiger partial charge in [0.05, 0.1) is 25.4 Å². The zero-order chi connectivity index (χ0) is 13.7. The first kappa shape index (κ1) is 14.1. The molecule has 1 saturated heterocycles. The zero-order valence-corrected chi connectivity index (χ0v) is 10.8. The number of nitrogens with one attached hydrogen (secondary N) is 1. The number of aliphatic carboxylic acids is 1. The SMILES string of the molecule is O=C(O)COCCNC(=O)N1CCOC2CCCC21. The standard InChI is InChI=1S/C12H20N2O5/c15-11(16)8-18-6-4-13-12(17)14-5-7-19-10-3-1-2-9(10)14/h9-10H,1-8H2,(H,13,17)(H,15,16). The maximum atomic E-state index is 12.0. The summed E-state index contributed by atoms with van der Waals surface area (Å²) in [6.07, 6.45) is 3.30. The highest BCUT2D eigenvalue weighted by Crippen LogP contribution is 2.29. The molecule has 7 heteroatoms. The number of carboxylic acids is 1. The molecule has 1 heterocycles. The Balaban J connectivity index is 1.69. The van der Waals surface area contributed by atoms with Gasteiger partial charge in [-0.25, -0.2) is 9.59 Å². The molecule has 2 aliphatic rings. The van der Waals surface area contributed by atoms with Crippen LogP contribution in [-0.2, 0) is 14.3 Å². The maximum Gasteiger partial charge on any atom is 0.329 e. The lowest BCUT2D eigenvalue weighted by atomic mass is 10.1. The van der Waals surface area contributed by atoms with E-state index in [-0.39, 0.29) is 31.4 Å². The normalized spacial score (nSPS) is 26.0. The number of nitrogens with zero attached hydrogens (tertiary/aromatic N) is 1. The van der Waals surface area contributed by atoms with Crippen molar-refractivity contribution in [3.63, 3.8) is 0 Å². The van der Waals surface area contributed by atoms with Gasteiger partial charge in [-0.1, -0.05) is 0 Å². The van der Waals surface area contributed by atoms with Crippen LogP contribution in [-0.4, -0.2) is 67.1 Å². The molecule has 0 radical (unpaired) electrons. The van der Waals surface area contributed by atoms with Crippen molar-refractivity contribution in [2.75, 3.05) is 32.9 Å². The third-order valence-corrected chi connectivity index (χ3v) is 3.49. The van der Waals surface area contributed by atoms with Crippen LogP contribution >= 0.6 is 0 Å². The number of carbonyl (C=O) groups is 2. The Morgan fingerprint density at radius 3 is 3.05 bits per heavy atom. The van der Waals surface area contributed by atoms with Crippen molar-refractivity contribution in [1.29, 1.82) is 0 Å². The molecule has 0 aromatic heterocycles. The molecule has 0 aromatic rings. The van der Waals surface area contributed by atoms with Crippen molar-refractivity contribution >= 4 is 12.0 Å². The Morgan fingerprint density at radius 2 is 2.26 bits per heavy atom.